The molecule has 1 saturated carbocycles. The molecule has 0 amide bonds. The van der Waals surface area contributed by atoms with Gasteiger partial charge in [0.2, 0.25) is 0 Å². The van der Waals surface area contributed by atoms with Crippen LogP contribution >= 0.6 is 11.6 Å². The molecule has 0 radical (unpaired) electrons. The van der Waals surface area contributed by atoms with Gasteiger partial charge >= 0.3 is 0 Å². The summed E-state index contributed by atoms with van der Waals surface area (Å²) in [5, 5.41) is 4.18. The predicted octanol–water partition coefficient (Wildman–Crippen LogP) is 3.03. The minimum atomic E-state index is 0.716. The average molecular weight is 240 g/mol. The third-order valence-corrected chi connectivity index (χ3v) is 3.23. The van der Waals surface area contributed by atoms with Crippen LogP contribution in [0.5, 0.6) is 5.75 Å². The van der Waals surface area contributed by atoms with Gasteiger partial charge in [-0.05, 0) is 56.0 Å². The molecule has 16 heavy (non-hydrogen) atoms. The Kier molecular flexibility index (Phi) is 4.08. The molecule has 0 spiro atoms. The second-order valence-corrected chi connectivity index (χ2v) is 4.81. The van der Waals surface area contributed by atoms with Crippen molar-refractivity contribution in [3.63, 3.8) is 0 Å². The average Bonchev–Trinajstić information content (AvgIpc) is 3.07. The van der Waals surface area contributed by atoms with Gasteiger partial charge in [0, 0.05) is 11.6 Å². The first kappa shape index (κ1) is 11.7. The second-order valence-electron chi connectivity index (χ2n) is 4.41. The van der Waals surface area contributed by atoms with Gasteiger partial charge < -0.3 is 10.1 Å². The van der Waals surface area contributed by atoms with E-state index in [4.69, 9.17) is 16.3 Å². The van der Waals surface area contributed by atoms with Gasteiger partial charge in [0.15, 0.2) is 0 Å². The van der Waals surface area contributed by atoms with Crippen molar-refractivity contribution in [2.75, 3.05) is 19.7 Å². The fraction of sp³-hybridized carbons (Fsp3) is 0.538. The molecule has 1 aliphatic rings. The van der Waals surface area contributed by atoms with Crippen molar-refractivity contribution < 1.29 is 4.74 Å². The van der Waals surface area contributed by atoms with Gasteiger partial charge in [0.1, 0.15) is 12.4 Å². The number of ether oxygens (including phenoxy) is 1. The minimum absolute atomic E-state index is 0.716. The molecule has 1 aromatic rings. The molecule has 0 saturated heterocycles. The lowest BCUT2D eigenvalue weighted by Gasteiger charge is -2.08. The van der Waals surface area contributed by atoms with Gasteiger partial charge in [0.25, 0.3) is 0 Å². The lowest BCUT2D eigenvalue weighted by Crippen LogP contribution is -2.23. The molecule has 2 rings (SSSR count). The van der Waals surface area contributed by atoms with E-state index in [1.54, 1.807) is 0 Å². The third kappa shape index (κ3) is 3.69. The van der Waals surface area contributed by atoms with Gasteiger partial charge in [-0.15, -0.1) is 0 Å². The molecule has 0 atom stereocenters. The van der Waals surface area contributed by atoms with E-state index >= 15 is 0 Å². The number of rotatable bonds is 6. The van der Waals surface area contributed by atoms with E-state index < -0.39 is 0 Å². The summed E-state index contributed by atoms with van der Waals surface area (Å²) in [6.45, 7) is 4.76. The van der Waals surface area contributed by atoms with Crippen molar-refractivity contribution in [1.82, 2.24) is 5.32 Å². The maximum Gasteiger partial charge on any atom is 0.119 e. The highest BCUT2D eigenvalue weighted by atomic mass is 35.5. The highest BCUT2D eigenvalue weighted by Gasteiger charge is 2.19. The maximum atomic E-state index is 5.94. The number of benzene rings is 1. The van der Waals surface area contributed by atoms with E-state index in [1.807, 2.05) is 25.1 Å². The molecule has 2 nitrogen and oxygen atoms in total. The molecule has 0 aliphatic heterocycles. The van der Waals surface area contributed by atoms with Crippen LogP contribution in [0, 0.1) is 12.8 Å². The van der Waals surface area contributed by atoms with Crippen molar-refractivity contribution in [2.45, 2.75) is 19.8 Å². The Hall–Kier alpha value is -0.730. The monoisotopic (exact) mass is 239 g/mol. The first-order chi connectivity index (χ1) is 7.75. The fourth-order valence-corrected chi connectivity index (χ4v) is 1.69. The molecular formula is C13H18ClNO. The highest BCUT2D eigenvalue weighted by molar-refractivity contribution is 6.31. The van der Waals surface area contributed by atoms with Gasteiger partial charge in [-0.1, -0.05) is 11.6 Å². The van der Waals surface area contributed by atoms with E-state index in [1.165, 1.54) is 12.8 Å². The molecule has 88 valence electrons. The van der Waals surface area contributed by atoms with E-state index in [9.17, 15) is 0 Å². The van der Waals surface area contributed by atoms with Crippen molar-refractivity contribution >= 4 is 11.6 Å². The number of halogens is 1. The van der Waals surface area contributed by atoms with Gasteiger partial charge in [-0.3, -0.25) is 0 Å². The van der Waals surface area contributed by atoms with Crippen LogP contribution in [0.4, 0.5) is 0 Å². The fourth-order valence-electron chi connectivity index (χ4n) is 1.58. The Morgan fingerprint density at radius 2 is 2.25 bits per heavy atom. The van der Waals surface area contributed by atoms with Crippen LogP contribution in [0.2, 0.25) is 5.02 Å². The van der Waals surface area contributed by atoms with Gasteiger partial charge in [-0.2, -0.15) is 0 Å². The number of aryl methyl sites for hydroxylation is 1. The lowest BCUT2D eigenvalue weighted by molar-refractivity contribution is 0.313. The second kappa shape index (κ2) is 5.55. The van der Waals surface area contributed by atoms with Crippen LogP contribution in [0.1, 0.15) is 18.4 Å². The van der Waals surface area contributed by atoms with E-state index in [0.29, 0.717) is 6.61 Å². The summed E-state index contributed by atoms with van der Waals surface area (Å²) >= 11 is 5.94. The summed E-state index contributed by atoms with van der Waals surface area (Å²) in [6.07, 6.45) is 2.79. The quantitative estimate of drug-likeness (QED) is 0.771. The van der Waals surface area contributed by atoms with E-state index in [2.05, 4.69) is 5.32 Å². The lowest BCUT2D eigenvalue weighted by atomic mass is 10.2. The summed E-state index contributed by atoms with van der Waals surface area (Å²) in [4.78, 5) is 0. The van der Waals surface area contributed by atoms with Crippen LogP contribution < -0.4 is 10.1 Å². The smallest absolute Gasteiger partial charge is 0.119 e. The van der Waals surface area contributed by atoms with Crippen molar-refractivity contribution in [2.24, 2.45) is 5.92 Å². The molecule has 1 aromatic carbocycles. The first-order valence-electron chi connectivity index (χ1n) is 5.85. The largest absolute Gasteiger partial charge is 0.492 e. The van der Waals surface area contributed by atoms with Crippen molar-refractivity contribution in [3.05, 3.63) is 28.8 Å². The molecule has 1 N–H and O–H groups in total. The summed E-state index contributed by atoms with van der Waals surface area (Å²) in [5.74, 6) is 1.83. The minimum Gasteiger partial charge on any atom is -0.492 e. The Bertz CT molecular complexity index is 350. The van der Waals surface area contributed by atoms with Crippen LogP contribution in [-0.4, -0.2) is 19.7 Å². The van der Waals surface area contributed by atoms with Crippen molar-refractivity contribution in [3.8, 4) is 5.75 Å². The maximum absolute atomic E-state index is 5.94. The molecular weight excluding hydrogens is 222 g/mol. The Labute approximate surface area is 102 Å². The van der Waals surface area contributed by atoms with Gasteiger partial charge in [0.05, 0.1) is 0 Å². The molecule has 0 unspecified atom stereocenters. The normalized spacial score (nSPS) is 15.1. The first-order valence-corrected chi connectivity index (χ1v) is 6.23. The van der Waals surface area contributed by atoms with Gasteiger partial charge in [-0.25, -0.2) is 0 Å². The zero-order valence-electron chi connectivity index (χ0n) is 9.63. The molecule has 1 fully saturated rings. The van der Waals surface area contributed by atoms with Crippen LogP contribution in [0.25, 0.3) is 0 Å². The summed E-state index contributed by atoms with van der Waals surface area (Å²) in [6, 6.07) is 5.77. The zero-order valence-corrected chi connectivity index (χ0v) is 10.4. The summed E-state index contributed by atoms with van der Waals surface area (Å²) in [5.41, 5.74) is 1.06. The zero-order chi connectivity index (χ0) is 11.4. The predicted molar refractivity (Wildman–Crippen MR) is 67.3 cm³/mol. The highest BCUT2D eigenvalue weighted by Crippen LogP contribution is 2.27. The Morgan fingerprint density at radius 3 is 2.94 bits per heavy atom. The number of hydrogen-bond acceptors (Lipinski definition) is 2. The molecule has 0 heterocycles. The molecule has 3 heteroatoms. The van der Waals surface area contributed by atoms with E-state index in [0.717, 1.165) is 35.3 Å². The van der Waals surface area contributed by atoms with Crippen molar-refractivity contribution in [1.29, 1.82) is 0 Å². The third-order valence-electron chi connectivity index (χ3n) is 2.81. The van der Waals surface area contributed by atoms with Crippen LogP contribution in [-0.2, 0) is 0 Å². The topological polar surface area (TPSA) is 21.3 Å². The van der Waals surface area contributed by atoms with E-state index in [-0.39, 0.29) is 0 Å². The van der Waals surface area contributed by atoms with Crippen LogP contribution in [0.3, 0.4) is 0 Å². The summed E-state index contributed by atoms with van der Waals surface area (Å²) in [7, 11) is 0. The van der Waals surface area contributed by atoms with Crippen LogP contribution in [0.15, 0.2) is 18.2 Å². The SMILES string of the molecule is Cc1cc(OCCNCC2CC2)ccc1Cl. The number of nitrogens with one attached hydrogen (secondary N) is 1. The number of hydrogen-bond donors (Lipinski definition) is 1. The standard InChI is InChI=1S/C13H18ClNO/c1-10-8-12(4-5-13(10)14)16-7-6-15-9-11-2-3-11/h4-5,8,11,15H,2-3,6-7,9H2,1H3. The molecule has 0 bridgehead atoms. The summed E-state index contributed by atoms with van der Waals surface area (Å²) < 4.78 is 5.62. The molecule has 1 aliphatic carbocycles. The Morgan fingerprint density at radius 1 is 1.44 bits per heavy atom. The molecule has 0 aromatic heterocycles. The Balaban J connectivity index is 1.65.